The Labute approximate surface area is 149 Å². The Morgan fingerprint density at radius 1 is 1.15 bits per heavy atom. The molecule has 6 heteroatoms. The molecule has 0 saturated heterocycles. The third-order valence-corrected chi connectivity index (χ3v) is 3.95. The average molecular weight is 345 g/mol. The molecule has 3 rings (SSSR count). The van der Waals surface area contributed by atoms with E-state index in [1.165, 1.54) is 6.20 Å². The van der Waals surface area contributed by atoms with Crippen LogP contribution in [-0.4, -0.2) is 28.0 Å². The Hall–Kier alpha value is -3.72. The third-order valence-electron chi connectivity index (χ3n) is 3.95. The van der Waals surface area contributed by atoms with Crippen LogP contribution in [0.25, 0.3) is 10.9 Å². The second-order valence-corrected chi connectivity index (χ2v) is 5.80. The zero-order chi connectivity index (χ0) is 18.5. The second kappa shape index (κ2) is 7.45. The van der Waals surface area contributed by atoms with Crippen molar-refractivity contribution in [2.75, 3.05) is 0 Å². The van der Waals surface area contributed by atoms with Crippen LogP contribution in [0.15, 0.2) is 60.8 Å². The molecule has 6 nitrogen and oxygen atoms in total. The normalized spacial score (nSPS) is 11.5. The Morgan fingerprint density at radius 2 is 1.96 bits per heavy atom. The van der Waals surface area contributed by atoms with E-state index < -0.39 is 17.9 Å². The number of amides is 1. The van der Waals surface area contributed by atoms with Gasteiger partial charge in [-0.1, -0.05) is 30.3 Å². The van der Waals surface area contributed by atoms with E-state index >= 15 is 0 Å². The van der Waals surface area contributed by atoms with Gasteiger partial charge in [-0.3, -0.25) is 9.78 Å². The maximum absolute atomic E-state index is 12.4. The molecule has 0 spiro atoms. The van der Waals surface area contributed by atoms with Crippen LogP contribution in [0.1, 0.15) is 21.5 Å². The molecular weight excluding hydrogens is 330 g/mol. The summed E-state index contributed by atoms with van der Waals surface area (Å²) in [5, 5.41) is 21.7. The highest BCUT2D eigenvalue weighted by Gasteiger charge is 2.21. The number of nitrogens with one attached hydrogen (secondary N) is 1. The summed E-state index contributed by atoms with van der Waals surface area (Å²) in [7, 11) is 0. The largest absolute Gasteiger partial charge is 0.480 e. The number of carbonyl (C=O) groups excluding carboxylic acids is 1. The molecule has 26 heavy (non-hydrogen) atoms. The fourth-order valence-corrected chi connectivity index (χ4v) is 2.64. The van der Waals surface area contributed by atoms with Crippen molar-refractivity contribution < 1.29 is 14.7 Å². The smallest absolute Gasteiger partial charge is 0.326 e. The van der Waals surface area contributed by atoms with Crippen LogP contribution in [0.3, 0.4) is 0 Å². The minimum absolute atomic E-state index is 0.0810. The first kappa shape index (κ1) is 17.1. The number of aromatic nitrogens is 1. The van der Waals surface area contributed by atoms with E-state index in [2.05, 4.69) is 10.3 Å². The van der Waals surface area contributed by atoms with Gasteiger partial charge in [0.2, 0.25) is 0 Å². The van der Waals surface area contributed by atoms with Crippen molar-refractivity contribution in [3.05, 3.63) is 77.5 Å². The van der Waals surface area contributed by atoms with Crippen molar-refractivity contribution in [3.8, 4) is 6.07 Å². The van der Waals surface area contributed by atoms with Crippen molar-refractivity contribution >= 4 is 22.8 Å². The van der Waals surface area contributed by atoms with E-state index in [9.17, 15) is 14.7 Å². The Morgan fingerprint density at radius 3 is 2.73 bits per heavy atom. The summed E-state index contributed by atoms with van der Waals surface area (Å²) in [6, 6.07) is 16.6. The SMILES string of the molecule is N#Cc1cccc(C[C@H](NC(=O)c2cnc3ccccc3c2)C(=O)O)c1. The number of carbonyl (C=O) groups is 2. The van der Waals surface area contributed by atoms with E-state index in [-0.39, 0.29) is 6.42 Å². The van der Waals surface area contributed by atoms with Gasteiger partial charge in [0.15, 0.2) is 0 Å². The topological polar surface area (TPSA) is 103 Å². The van der Waals surface area contributed by atoms with Gasteiger partial charge in [0.05, 0.1) is 22.7 Å². The van der Waals surface area contributed by atoms with Gasteiger partial charge in [-0.25, -0.2) is 4.79 Å². The molecule has 128 valence electrons. The van der Waals surface area contributed by atoms with Crippen LogP contribution in [-0.2, 0) is 11.2 Å². The van der Waals surface area contributed by atoms with Crippen LogP contribution in [0.5, 0.6) is 0 Å². The lowest BCUT2D eigenvalue weighted by Crippen LogP contribution is -2.42. The highest BCUT2D eigenvalue weighted by molar-refractivity contribution is 5.99. The zero-order valence-corrected chi connectivity index (χ0v) is 13.7. The fraction of sp³-hybridized carbons (Fsp3) is 0.100. The van der Waals surface area contributed by atoms with E-state index in [0.29, 0.717) is 16.7 Å². The standard InChI is InChI=1S/C20H15N3O3/c21-11-14-5-3-4-13(8-14)9-18(20(25)26)23-19(24)16-10-15-6-1-2-7-17(15)22-12-16/h1-8,10,12,18H,9H2,(H,23,24)(H,25,26)/t18-/m0/s1. The molecule has 0 fully saturated rings. The minimum atomic E-state index is -1.14. The predicted molar refractivity (Wildman–Crippen MR) is 95.5 cm³/mol. The summed E-state index contributed by atoms with van der Waals surface area (Å²) in [5.74, 6) is -1.65. The molecule has 3 aromatic rings. The molecule has 2 N–H and O–H groups in total. The lowest BCUT2D eigenvalue weighted by Gasteiger charge is -2.15. The minimum Gasteiger partial charge on any atom is -0.480 e. The van der Waals surface area contributed by atoms with Crippen molar-refractivity contribution in [2.45, 2.75) is 12.5 Å². The molecule has 1 atom stereocenters. The number of hydrogen-bond donors (Lipinski definition) is 2. The van der Waals surface area contributed by atoms with Crippen LogP contribution in [0.2, 0.25) is 0 Å². The van der Waals surface area contributed by atoms with E-state index in [1.807, 2.05) is 30.3 Å². The number of carboxylic acids is 1. The van der Waals surface area contributed by atoms with Crippen LogP contribution < -0.4 is 5.32 Å². The van der Waals surface area contributed by atoms with Gasteiger partial charge in [0.1, 0.15) is 6.04 Å². The molecule has 2 aromatic carbocycles. The van der Waals surface area contributed by atoms with Gasteiger partial charge in [0.25, 0.3) is 5.91 Å². The fourth-order valence-electron chi connectivity index (χ4n) is 2.64. The van der Waals surface area contributed by atoms with Crippen molar-refractivity contribution in [1.82, 2.24) is 10.3 Å². The van der Waals surface area contributed by atoms with Gasteiger partial charge >= 0.3 is 5.97 Å². The highest BCUT2D eigenvalue weighted by atomic mass is 16.4. The molecule has 1 aromatic heterocycles. The Balaban J connectivity index is 1.79. The molecule has 0 unspecified atom stereocenters. The maximum Gasteiger partial charge on any atom is 0.326 e. The van der Waals surface area contributed by atoms with Crippen LogP contribution in [0, 0.1) is 11.3 Å². The van der Waals surface area contributed by atoms with E-state index in [1.54, 1.807) is 30.3 Å². The molecule has 0 aliphatic rings. The summed E-state index contributed by atoms with van der Waals surface area (Å²) < 4.78 is 0. The highest BCUT2D eigenvalue weighted by Crippen LogP contribution is 2.13. The molecule has 1 amide bonds. The van der Waals surface area contributed by atoms with Gasteiger partial charge in [0, 0.05) is 18.0 Å². The van der Waals surface area contributed by atoms with Crippen molar-refractivity contribution in [3.63, 3.8) is 0 Å². The number of hydrogen-bond acceptors (Lipinski definition) is 4. The first-order chi connectivity index (χ1) is 12.6. The second-order valence-electron chi connectivity index (χ2n) is 5.80. The van der Waals surface area contributed by atoms with Gasteiger partial charge in [-0.15, -0.1) is 0 Å². The summed E-state index contributed by atoms with van der Waals surface area (Å²) in [4.78, 5) is 28.2. The molecule has 1 heterocycles. The molecule has 0 aliphatic heterocycles. The van der Waals surface area contributed by atoms with Crippen LogP contribution in [0.4, 0.5) is 0 Å². The number of fused-ring (bicyclic) bond motifs is 1. The van der Waals surface area contributed by atoms with Gasteiger partial charge in [-0.2, -0.15) is 5.26 Å². The third kappa shape index (κ3) is 3.84. The van der Waals surface area contributed by atoms with Crippen LogP contribution >= 0.6 is 0 Å². The summed E-state index contributed by atoms with van der Waals surface area (Å²) in [6.45, 7) is 0. The Bertz CT molecular complexity index is 1020. The lowest BCUT2D eigenvalue weighted by molar-refractivity contribution is -0.139. The Kier molecular flexibility index (Phi) is 4.90. The summed E-state index contributed by atoms with van der Waals surface area (Å²) >= 11 is 0. The molecule has 0 radical (unpaired) electrons. The lowest BCUT2D eigenvalue weighted by atomic mass is 10.0. The monoisotopic (exact) mass is 345 g/mol. The van der Waals surface area contributed by atoms with E-state index in [4.69, 9.17) is 5.26 Å². The summed E-state index contributed by atoms with van der Waals surface area (Å²) in [6.07, 6.45) is 1.50. The van der Waals surface area contributed by atoms with Crippen molar-refractivity contribution in [2.24, 2.45) is 0 Å². The number of carboxylic acid groups (broad SMARTS) is 1. The number of aliphatic carboxylic acids is 1. The predicted octanol–water partition coefficient (Wildman–Crippen LogP) is 2.53. The molecule has 0 bridgehead atoms. The number of pyridine rings is 1. The van der Waals surface area contributed by atoms with Crippen molar-refractivity contribution in [1.29, 1.82) is 5.26 Å². The van der Waals surface area contributed by atoms with Gasteiger partial charge in [-0.05, 0) is 29.8 Å². The number of benzene rings is 2. The number of nitrogens with zero attached hydrogens (tertiary/aromatic N) is 2. The first-order valence-electron chi connectivity index (χ1n) is 7.94. The average Bonchev–Trinajstić information content (AvgIpc) is 2.67. The van der Waals surface area contributed by atoms with E-state index in [0.717, 1.165) is 10.9 Å². The van der Waals surface area contributed by atoms with Gasteiger partial charge < -0.3 is 10.4 Å². The molecular formula is C20H15N3O3. The number of para-hydroxylation sites is 1. The maximum atomic E-state index is 12.4. The number of rotatable bonds is 5. The first-order valence-corrected chi connectivity index (χ1v) is 7.94. The molecule has 0 aliphatic carbocycles. The number of nitriles is 1. The zero-order valence-electron chi connectivity index (χ0n) is 13.7. The summed E-state index contributed by atoms with van der Waals surface area (Å²) in [5.41, 5.74) is 2.15. The quantitative estimate of drug-likeness (QED) is 0.739. The molecule has 0 saturated carbocycles.